The van der Waals surface area contributed by atoms with Gasteiger partial charge in [0.15, 0.2) is 0 Å². The van der Waals surface area contributed by atoms with Gasteiger partial charge in [0.05, 0.1) is 6.04 Å². The molecular weight excluding hydrogens is 156 g/mol. The molecule has 2 rings (SSSR count). The second kappa shape index (κ2) is 2.91. The maximum absolute atomic E-state index is 4.45. The highest BCUT2D eigenvalue weighted by Crippen LogP contribution is 2.25. The van der Waals surface area contributed by atoms with Gasteiger partial charge in [-0.25, -0.2) is 4.98 Å². The second-order valence-electron chi connectivity index (χ2n) is 2.98. The van der Waals surface area contributed by atoms with Crippen molar-refractivity contribution in [2.45, 2.75) is 25.8 Å². The highest BCUT2D eigenvalue weighted by molar-refractivity contribution is 7.09. The van der Waals surface area contributed by atoms with Gasteiger partial charge < -0.3 is 5.32 Å². The first-order chi connectivity index (χ1) is 5.36. The number of aryl methyl sites for hydroxylation is 1. The summed E-state index contributed by atoms with van der Waals surface area (Å²) in [5.41, 5.74) is 1.15. The van der Waals surface area contributed by atoms with E-state index in [0.29, 0.717) is 6.04 Å². The Morgan fingerprint density at radius 1 is 1.82 bits per heavy atom. The Morgan fingerprint density at radius 2 is 2.73 bits per heavy atom. The van der Waals surface area contributed by atoms with Crippen LogP contribution in [0.4, 0.5) is 0 Å². The summed E-state index contributed by atoms with van der Waals surface area (Å²) in [5.74, 6) is 0. The van der Waals surface area contributed by atoms with Gasteiger partial charge in [0.25, 0.3) is 0 Å². The number of aromatic nitrogens is 1. The first-order valence-electron chi connectivity index (χ1n) is 4.01. The van der Waals surface area contributed by atoms with Crippen LogP contribution >= 0.6 is 11.3 Å². The molecule has 1 atom stereocenters. The zero-order valence-corrected chi connectivity index (χ0v) is 7.45. The zero-order chi connectivity index (χ0) is 7.68. The van der Waals surface area contributed by atoms with Gasteiger partial charge in [-0.15, -0.1) is 11.3 Å². The molecule has 1 aliphatic rings. The van der Waals surface area contributed by atoms with Crippen molar-refractivity contribution >= 4 is 11.3 Å². The molecule has 2 heterocycles. The quantitative estimate of drug-likeness (QED) is 0.698. The Balaban J connectivity index is 0.000000720. The van der Waals surface area contributed by atoms with Gasteiger partial charge >= 0.3 is 0 Å². The van der Waals surface area contributed by atoms with Gasteiger partial charge in [0.1, 0.15) is 5.01 Å². The van der Waals surface area contributed by atoms with Crippen LogP contribution in [0.2, 0.25) is 0 Å². The van der Waals surface area contributed by atoms with Crippen LogP contribution in [-0.4, -0.2) is 11.5 Å². The molecule has 1 fully saturated rings. The van der Waals surface area contributed by atoms with Gasteiger partial charge in [-0.2, -0.15) is 0 Å². The number of nitrogens with one attached hydrogen (secondary N) is 1. The summed E-state index contributed by atoms with van der Waals surface area (Å²) in [4.78, 5) is 4.45. The van der Waals surface area contributed by atoms with Crippen LogP contribution in [0.3, 0.4) is 0 Å². The van der Waals surface area contributed by atoms with Crippen molar-refractivity contribution in [1.82, 2.24) is 10.3 Å². The summed E-state index contributed by atoms with van der Waals surface area (Å²) in [7, 11) is 0. The predicted molar refractivity (Wildman–Crippen MR) is 48.9 cm³/mol. The van der Waals surface area contributed by atoms with E-state index in [9.17, 15) is 0 Å². The monoisotopic (exact) mass is 170 g/mol. The lowest BCUT2D eigenvalue weighted by Gasteiger charge is -2.03. The van der Waals surface area contributed by atoms with Crippen LogP contribution in [0.15, 0.2) is 5.38 Å². The molecule has 2 nitrogen and oxygen atoms in total. The minimum atomic E-state index is 0. The third kappa shape index (κ3) is 1.44. The number of hydrogen-bond donors (Lipinski definition) is 1. The van der Waals surface area contributed by atoms with E-state index in [0.717, 1.165) is 12.2 Å². The van der Waals surface area contributed by atoms with Gasteiger partial charge in [-0.05, 0) is 26.3 Å². The Labute approximate surface area is 72.1 Å². The second-order valence-corrected chi connectivity index (χ2v) is 3.87. The van der Waals surface area contributed by atoms with Crippen molar-refractivity contribution in [1.29, 1.82) is 0 Å². The Hall–Kier alpha value is -0.410. The Morgan fingerprint density at radius 3 is 3.27 bits per heavy atom. The molecule has 0 aliphatic carbocycles. The fraction of sp³-hybridized carbons (Fsp3) is 0.625. The van der Waals surface area contributed by atoms with Gasteiger partial charge in [-0.1, -0.05) is 0 Å². The molecule has 1 saturated heterocycles. The first-order valence-corrected chi connectivity index (χ1v) is 4.89. The van der Waals surface area contributed by atoms with E-state index < -0.39 is 0 Å². The predicted octanol–water partition coefficient (Wildman–Crippen LogP) is 2.12. The minimum Gasteiger partial charge on any atom is -0.308 e. The van der Waals surface area contributed by atoms with Crippen molar-refractivity contribution in [3.63, 3.8) is 0 Å². The van der Waals surface area contributed by atoms with E-state index in [1.165, 1.54) is 17.8 Å². The number of thiazole rings is 1. The summed E-state index contributed by atoms with van der Waals surface area (Å²) < 4.78 is 0. The van der Waals surface area contributed by atoms with Crippen molar-refractivity contribution in [3.05, 3.63) is 16.1 Å². The van der Waals surface area contributed by atoms with Crippen LogP contribution in [0.1, 0.15) is 31.0 Å². The molecule has 0 aromatic carbocycles. The number of rotatable bonds is 1. The van der Waals surface area contributed by atoms with E-state index >= 15 is 0 Å². The highest BCUT2D eigenvalue weighted by Gasteiger charge is 2.18. The maximum Gasteiger partial charge on any atom is 0.110 e. The fourth-order valence-electron chi connectivity index (χ4n) is 1.43. The van der Waals surface area contributed by atoms with Gasteiger partial charge in [0, 0.05) is 12.5 Å². The molecule has 0 amide bonds. The first kappa shape index (κ1) is 7.25. The fourth-order valence-corrected chi connectivity index (χ4v) is 2.33. The summed E-state index contributed by atoms with van der Waals surface area (Å²) in [5, 5.41) is 6.82. The zero-order valence-electron chi connectivity index (χ0n) is 6.63. The normalized spacial score (nSPS) is 24.3. The lowest BCUT2D eigenvalue weighted by atomic mass is 10.2. The highest BCUT2D eigenvalue weighted by atomic mass is 32.1. The molecule has 11 heavy (non-hydrogen) atoms. The van der Waals surface area contributed by atoms with Crippen molar-refractivity contribution in [2.24, 2.45) is 0 Å². The van der Waals surface area contributed by atoms with E-state index in [4.69, 9.17) is 0 Å². The largest absolute Gasteiger partial charge is 0.308 e. The minimum absolute atomic E-state index is 0. The van der Waals surface area contributed by atoms with Crippen LogP contribution in [-0.2, 0) is 0 Å². The average Bonchev–Trinajstić information content (AvgIpc) is 2.55. The third-order valence-corrected chi connectivity index (χ3v) is 3.07. The van der Waals surface area contributed by atoms with Crippen molar-refractivity contribution in [2.75, 3.05) is 6.54 Å². The summed E-state index contributed by atoms with van der Waals surface area (Å²) in [6.07, 6.45) is 2.55. The number of nitrogens with zero attached hydrogens (tertiary/aromatic N) is 1. The molecular formula is C8H14N2S. The standard InChI is InChI=1S/C8H12N2S.H2/c1-6-5-11-8(10-6)7-3-2-4-9-7;/h5,7,9H,2-4H2,1H3;1H/t7-;/m0./s1. The van der Waals surface area contributed by atoms with Crippen molar-refractivity contribution in [3.8, 4) is 0 Å². The topological polar surface area (TPSA) is 24.9 Å². The molecule has 1 N–H and O–H groups in total. The average molecular weight is 170 g/mol. The molecule has 3 heteroatoms. The molecule has 0 spiro atoms. The smallest absolute Gasteiger partial charge is 0.110 e. The molecule has 0 radical (unpaired) electrons. The van der Waals surface area contributed by atoms with Crippen LogP contribution < -0.4 is 5.32 Å². The summed E-state index contributed by atoms with van der Waals surface area (Å²) >= 11 is 1.77. The molecule has 0 saturated carbocycles. The molecule has 1 aliphatic heterocycles. The van der Waals surface area contributed by atoms with Crippen molar-refractivity contribution < 1.29 is 1.43 Å². The van der Waals surface area contributed by atoms with Gasteiger partial charge in [0.2, 0.25) is 0 Å². The Kier molecular flexibility index (Phi) is 1.92. The maximum atomic E-state index is 4.45. The summed E-state index contributed by atoms with van der Waals surface area (Å²) in [6, 6.07) is 0.550. The Bertz CT molecular complexity index is 243. The van der Waals surface area contributed by atoms with E-state index in [1.807, 2.05) is 0 Å². The molecule has 0 unspecified atom stereocenters. The lowest BCUT2D eigenvalue weighted by molar-refractivity contribution is 0.641. The van der Waals surface area contributed by atoms with Crippen LogP contribution in [0.5, 0.6) is 0 Å². The van der Waals surface area contributed by atoms with Crippen LogP contribution in [0, 0.1) is 6.92 Å². The SMILES string of the molecule is Cc1csc([C@@H]2CCCN2)n1.[HH]. The van der Waals surface area contributed by atoms with E-state index in [2.05, 4.69) is 22.6 Å². The van der Waals surface area contributed by atoms with E-state index in [1.54, 1.807) is 11.3 Å². The number of hydrogen-bond acceptors (Lipinski definition) is 3. The van der Waals surface area contributed by atoms with Crippen LogP contribution in [0.25, 0.3) is 0 Å². The molecule has 0 bridgehead atoms. The van der Waals surface area contributed by atoms with E-state index in [-0.39, 0.29) is 1.43 Å². The third-order valence-electron chi connectivity index (χ3n) is 2.00. The van der Waals surface area contributed by atoms with Gasteiger partial charge in [-0.3, -0.25) is 0 Å². The molecule has 1 aromatic rings. The molecule has 1 aromatic heterocycles. The lowest BCUT2D eigenvalue weighted by Crippen LogP contribution is -2.12. The summed E-state index contributed by atoms with van der Waals surface area (Å²) in [6.45, 7) is 3.21. The molecule has 62 valence electrons.